The van der Waals surface area contributed by atoms with Gasteiger partial charge in [-0.15, -0.1) is 0 Å². The lowest BCUT2D eigenvalue weighted by molar-refractivity contribution is -0.118. The zero-order valence-electron chi connectivity index (χ0n) is 14.4. The quantitative estimate of drug-likeness (QED) is 0.443. The van der Waals surface area contributed by atoms with Crippen molar-refractivity contribution in [3.63, 3.8) is 0 Å². The Morgan fingerprint density at radius 1 is 1.22 bits per heavy atom. The zero-order valence-corrected chi connectivity index (χ0v) is 17.5. The van der Waals surface area contributed by atoms with Crippen molar-refractivity contribution in [1.82, 2.24) is 4.98 Å². The van der Waals surface area contributed by atoms with E-state index in [4.69, 9.17) is 27.9 Å². The monoisotopic (exact) mass is 438 g/mol. The average Bonchev–Trinajstić information content (AvgIpc) is 3.04. The van der Waals surface area contributed by atoms with Crippen LogP contribution in [-0.4, -0.2) is 23.3 Å². The minimum absolute atomic E-state index is 0.163. The lowest BCUT2D eigenvalue weighted by Gasteiger charge is -2.09. The van der Waals surface area contributed by atoms with Crippen LogP contribution in [0.3, 0.4) is 0 Å². The van der Waals surface area contributed by atoms with E-state index in [-0.39, 0.29) is 12.5 Å². The molecule has 27 heavy (non-hydrogen) atoms. The Hall–Kier alpha value is -1.73. The predicted octanol–water partition coefficient (Wildman–Crippen LogP) is 6.25. The van der Waals surface area contributed by atoms with Crippen LogP contribution in [-0.2, 0) is 4.79 Å². The molecule has 1 aromatic heterocycles. The first-order valence-corrected chi connectivity index (χ1v) is 10.7. The van der Waals surface area contributed by atoms with E-state index in [1.54, 1.807) is 30.0 Å². The fourth-order valence-corrected chi connectivity index (χ4v) is 4.70. The smallest absolute Gasteiger partial charge is 0.262 e. The molecule has 0 aliphatic heterocycles. The highest BCUT2D eigenvalue weighted by molar-refractivity contribution is 8.01. The van der Waals surface area contributed by atoms with E-state index < -0.39 is 0 Å². The van der Waals surface area contributed by atoms with E-state index >= 15 is 0 Å². The Morgan fingerprint density at radius 3 is 2.70 bits per heavy atom. The number of nitrogens with one attached hydrogen (secondary N) is 1. The molecule has 0 radical (unpaired) electrons. The SMILES string of the molecule is CCSc1nc(-c2ccccc2)c(NC(=O)COc2ccc(Cl)cc2Cl)s1. The summed E-state index contributed by atoms with van der Waals surface area (Å²) in [7, 11) is 0. The van der Waals surface area contributed by atoms with Crippen LogP contribution >= 0.6 is 46.3 Å². The number of anilines is 1. The highest BCUT2D eigenvalue weighted by Gasteiger charge is 2.16. The van der Waals surface area contributed by atoms with Gasteiger partial charge < -0.3 is 10.1 Å². The highest BCUT2D eigenvalue weighted by Crippen LogP contribution is 2.37. The van der Waals surface area contributed by atoms with Crippen LogP contribution in [0, 0.1) is 0 Å². The highest BCUT2D eigenvalue weighted by atomic mass is 35.5. The molecule has 3 rings (SSSR count). The number of thiazole rings is 1. The largest absolute Gasteiger partial charge is 0.482 e. The van der Waals surface area contributed by atoms with Crippen LogP contribution in [0.1, 0.15) is 6.92 Å². The number of rotatable bonds is 7. The summed E-state index contributed by atoms with van der Waals surface area (Å²) in [4.78, 5) is 17.0. The van der Waals surface area contributed by atoms with Gasteiger partial charge >= 0.3 is 0 Å². The fraction of sp³-hybridized carbons (Fsp3) is 0.158. The number of hydrogen-bond donors (Lipinski definition) is 1. The summed E-state index contributed by atoms with van der Waals surface area (Å²) in [5.74, 6) is 1.04. The van der Waals surface area contributed by atoms with Gasteiger partial charge in [0, 0.05) is 10.6 Å². The summed E-state index contributed by atoms with van der Waals surface area (Å²) in [6, 6.07) is 14.6. The van der Waals surface area contributed by atoms with Gasteiger partial charge in [-0.05, 0) is 24.0 Å². The maximum absolute atomic E-state index is 12.4. The number of halogens is 2. The number of ether oxygens (including phenoxy) is 1. The molecule has 0 bridgehead atoms. The van der Waals surface area contributed by atoms with Gasteiger partial charge in [-0.1, -0.05) is 83.6 Å². The number of hydrogen-bond acceptors (Lipinski definition) is 5. The molecule has 2 aromatic carbocycles. The van der Waals surface area contributed by atoms with Crippen molar-refractivity contribution >= 4 is 57.2 Å². The summed E-state index contributed by atoms with van der Waals surface area (Å²) < 4.78 is 6.41. The maximum Gasteiger partial charge on any atom is 0.262 e. The number of carbonyl (C=O) groups is 1. The topological polar surface area (TPSA) is 51.2 Å². The minimum Gasteiger partial charge on any atom is -0.482 e. The van der Waals surface area contributed by atoms with Crippen molar-refractivity contribution in [3.8, 4) is 17.0 Å². The zero-order chi connectivity index (χ0) is 19.2. The van der Waals surface area contributed by atoms with Crippen molar-refractivity contribution in [2.24, 2.45) is 0 Å². The molecule has 0 saturated heterocycles. The third-order valence-electron chi connectivity index (χ3n) is 3.43. The third-order valence-corrected chi connectivity index (χ3v) is 5.95. The molecule has 1 heterocycles. The molecule has 0 aliphatic rings. The second-order valence-corrected chi connectivity index (χ2v) is 8.72. The van der Waals surface area contributed by atoms with Gasteiger partial charge in [-0.2, -0.15) is 0 Å². The van der Waals surface area contributed by atoms with Gasteiger partial charge in [0.05, 0.1) is 5.02 Å². The molecule has 8 heteroatoms. The number of aromatic nitrogens is 1. The molecule has 0 spiro atoms. The van der Waals surface area contributed by atoms with Crippen LogP contribution < -0.4 is 10.1 Å². The maximum atomic E-state index is 12.4. The van der Waals surface area contributed by atoms with E-state index in [1.165, 1.54) is 11.3 Å². The predicted molar refractivity (Wildman–Crippen MR) is 115 cm³/mol. The molecule has 3 aromatic rings. The summed E-state index contributed by atoms with van der Waals surface area (Å²) in [6.07, 6.45) is 0. The third kappa shape index (κ3) is 5.39. The Balaban J connectivity index is 1.73. The fourth-order valence-electron chi connectivity index (χ4n) is 2.26. The Bertz CT molecular complexity index is 933. The molecular formula is C19H16Cl2N2O2S2. The lowest BCUT2D eigenvalue weighted by Crippen LogP contribution is -2.20. The van der Waals surface area contributed by atoms with E-state index in [1.807, 2.05) is 30.3 Å². The van der Waals surface area contributed by atoms with Crippen molar-refractivity contribution in [2.75, 3.05) is 17.7 Å². The number of nitrogens with zero attached hydrogens (tertiary/aromatic N) is 1. The van der Waals surface area contributed by atoms with E-state index in [2.05, 4.69) is 17.2 Å². The van der Waals surface area contributed by atoms with Gasteiger partial charge in [-0.25, -0.2) is 4.98 Å². The van der Waals surface area contributed by atoms with Crippen LogP contribution in [0.15, 0.2) is 52.9 Å². The standard InChI is InChI=1S/C19H16Cl2N2O2S2/c1-2-26-19-23-17(12-6-4-3-5-7-12)18(27-19)22-16(24)11-25-15-9-8-13(20)10-14(15)21/h3-10H,2,11H2,1H3,(H,22,24). The molecular weight excluding hydrogens is 423 g/mol. The minimum atomic E-state index is -0.283. The first kappa shape index (κ1) is 20.0. The first-order chi connectivity index (χ1) is 13.1. The van der Waals surface area contributed by atoms with Gasteiger partial charge in [0.1, 0.15) is 16.4 Å². The Labute approximate surface area is 175 Å². The molecule has 1 amide bonds. The Morgan fingerprint density at radius 2 is 2.00 bits per heavy atom. The number of thioether (sulfide) groups is 1. The lowest BCUT2D eigenvalue weighted by atomic mass is 10.2. The Kier molecular flexibility index (Phi) is 7.01. The van der Waals surface area contributed by atoms with Crippen molar-refractivity contribution < 1.29 is 9.53 Å². The average molecular weight is 439 g/mol. The van der Waals surface area contributed by atoms with E-state index in [0.29, 0.717) is 20.8 Å². The summed E-state index contributed by atoms with van der Waals surface area (Å²) in [6.45, 7) is 1.90. The molecule has 0 saturated carbocycles. The van der Waals surface area contributed by atoms with Crippen LogP contribution in [0.2, 0.25) is 10.0 Å². The normalized spacial score (nSPS) is 10.6. The van der Waals surface area contributed by atoms with Crippen molar-refractivity contribution in [2.45, 2.75) is 11.3 Å². The van der Waals surface area contributed by atoms with Crippen LogP contribution in [0.5, 0.6) is 5.75 Å². The second kappa shape index (κ2) is 9.46. The van der Waals surface area contributed by atoms with E-state index in [0.717, 1.165) is 21.3 Å². The summed E-state index contributed by atoms with van der Waals surface area (Å²) in [5.41, 5.74) is 1.71. The number of amides is 1. The van der Waals surface area contributed by atoms with Gasteiger partial charge in [-0.3, -0.25) is 4.79 Å². The molecule has 4 nitrogen and oxygen atoms in total. The number of carbonyl (C=O) groups excluding carboxylic acids is 1. The number of benzene rings is 2. The summed E-state index contributed by atoms with van der Waals surface area (Å²) >= 11 is 15.0. The van der Waals surface area contributed by atoms with Crippen LogP contribution in [0.4, 0.5) is 5.00 Å². The van der Waals surface area contributed by atoms with Gasteiger partial charge in [0.2, 0.25) is 0 Å². The molecule has 0 fully saturated rings. The van der Waals surface area contributed by atoms with Crippen LogP contribution in [0.25, 0.3) is 11.3 Å². The molecule has 1 N–H and O–H groups in total. The molecule has 0 unspecified atom stereocenters. The van der Waals surface area contributed by atoms with Crippen molar-refractivity contribution in [1.29, 1.82) is 0 Å². The summed E-state index contributed by atoms with van der Waals surface area (Å²) in [5, 5.41) is 4.47. The molecule has 0 aliphatic carbocycles. The van der Waals surface area contributed by atoms with Gasteiger partial charge in [0.15, 0.2) is 10.9 Å². The van der Waals surface area contributed by atoms with Crippen molar-refractivity contribution in [3.05, 3.63) is 58.6 Å². The van der Waals surface area contributed by atoms with Gasteiger partial charge in [0.25, 0.3) is 5.91 Å². The van der Waals surface area contributed by atoms with E-state index in [9.17, 15) is 4.79 Å². The molecule has 0 atom stereocenters. The molecule has 140 valence electrons. The first-order valence-electron chi connectivity index (χ1n) is 8.13. The second-order valence-electron chi connectivity index (χ2n) is 5.37.